The van der Waals surface area contributed by atoms with E-state index < -0.39 is 0 Å². The number of H-pyrrole nitrogens is 1. The number of nitrogens with zero attached hydrogens (tertiary/aromatic N) is 2. The average molecular weight is 168 g/mol. The highest BCUT2D eigenvalue weighted by atomic mass is 15.1. The van der Waals surface area contributed by atoms with Gasteiger partial charge >= 0.3 is 0 Å². The molecule has 12 heavy (non-hydrogen) atoms. The summed E-state index contributed by atoms with van der Waals surface area (Å²) in [6.45, 7) is 0.926. The van der Waals surface area contributed by atoms with Crippen molar-refractivity contribution in [3.8, 4) is 0 Å². The van der Waals surface area contributed by atoms with Gasteiger partial charge in [-0.05, 0) is 21.1 Å². The van der Waals surface area contributed by atoms with Crippen LogP contribution in [0.5, 0.6) is 0 Å². The standard InChI is InChI=1S/C8H16N4/c1-9-5-8(12(2)3)7-4-10-6-11-7/h4,6,8-9H,5H2,1-3H3,(H,10,11). The molecule has 1 heterocycles. The number of imidazole rings is 1. The first kappa shape index (κ1) is 9.22. The SMILES string of the molecule is CNCC(c1cnc[nH]1)N(C)C. The normalized spacial score (nSPS) is 13.7. The van der Waals surface area contributed by atoms with Crippen LogP contribution in [-0.4, -0.2) is 42.6 Å². The highest BCUT2D eigenvalue weighted by Crippen LogP contribution is 2.12. The Morgan fingerprint density at radius 3 is 2.83 bits per heavy atom. The molecule has 0 aliphatic heterocycles. The second kappa shape index (κ2) is 4.23. The molecule has 4 heteroatoms. The van der Waals surface area contributed by atoms with Crippen LogP contribution in [0.2, 0.25) is 0 Å². The van der Waals surface area contributed by atoms with Crippen LogP contribution in [0.15, 0.2) is 12.5 Å². The summed E-state index contributed by atoms with van der Waals surface area (Å²) >= 11 is 0. The van der Waals surface area contributed by atoms with Crippen molar-refractivity contribution in [2.75, 3.05) is 27.7 Å². The van der Waals surface area contributed by atoms with Crippen LogP contribution >= 0.6 is 0 Å². The summed E-state index contributed by atoms with van der Waals surface area (Å²) in [6, 6.07) is 0.373. The van der Waals surface area contributed by atoms with E-state index in [-0.39, 0.29) is 0 Å². The molecule has 0 radical (unpaired) electrons. The second-order valence-corrected chi connectivity index (χ2v) is 3.04. The van der Waals surface area contributed by atoms with E-state index in [0.29, 0.717) is 6.04 Å². The van der Waals surface area contributed by atoms with Gasteiger partial charge in [0.1, 0.15) is 0 Å². The highest BCUT2D eigenvalue weighted by molar-refractivity contribution is 5.02. The van der Waals surface area contributed by atoms with Crippen LogP contribution in [0.4, 0.5) is 0 Å². The van der Waals surface area contributed by atoms with Crippen molar-refractivity contribution in [1.29, 1.82) is 0 Å². The van der Waals surface area contributed by atoms with E-state index >= 15 is 0 Å². The highest BCUT2D eigenvalue weighted by Gasteiger charge is 2.13. The molecule has 0 saturated carbocycles. The van der Waals surface area contributed by atoms with Crippen molar-refractivity contribution in [1.82, 2.24) is 20.2 Å². The molecule has 2 N–H and O–H groups in total. The molecular weight excluding hydrogens is 152 g/mol. The van der Waals surface area contributed by atoms with E-state index in [1.807, 2.05) is 13.2 Å². The summed E-state index contributed by atoms with van der Waals surface area (Å²) in [5.41, 5.74) is 1.15. The molecule has 0 aliphatic rings. The molecule has 1 aromatic heterocycles. The summed E-state index contributed by atoms with van der Waals surface area (Å²) < 4.78 is 0. The van der Waals surface area contributed by atoms with Crippen LogP contribution < -0.4 is 5.32 Å². The van der Waals surface area contributed by atoms with Gasteiger partial charge in [-0.3, -0.25) is 4.90 Å². The monoisotopic (exact) mass is 168 g/mol. The molecule has 0 spiro atoms. The molecule has 0 amide bonds. The predicted molar refractivity (Wildman–Crippen MR) is 48.9 cm³/mol. The van der Waals surface area contributed by atoms with E-state index in [1.54, 1.807) is 6.33 Å². The van der Waals surface area contributed by atoms with E-state index in [0.717, 1.165) is 12.2 Å². The van der Waals surface area contributed by atoms with Gasteiger partial charge in [0.15, 0.2) is 0 Å². The van der Waals surface area contributed by atoms with Crippen molar-refractivity contribution in [3.05, 3.63) is 18.2 Å². The van der Waals surface area contributed by atoms with Gasteiger partial charge in [0, 0.05) is 12.7 Å². The largest absolute Gasteiger partial charge is 0.347 e. The first-order chi connectivity index (χ1) is 5.75. The first-order valence-electron chi connectivity index (χ1n) is 4.05. The minimum Gasteiger partial charge on any atom is -0.347 e. The van der Waals surface area contributed by atoms with E-state index in [1.165, 1.54) is 0 Å². The Morgan fingerprint density at radius 1 is 1.67 bits per heavy atom. The molecule has 68 valence electrons. The zero-order valence-electron chi connectivity index (χ0n) is 7.83. The molecule has 0 fully saturated rings. The van der Waals surface area contributed by atoms with Crippen molar-refractivity contribution in [2.24, 2.45) is 0 Å². The Balaban J connectivity index is 2.66. The number of aromatic amines is 1. The third kappa shape index (κ3) is 2.06. The first-order valence-corrected chi connectivity index (χ1v) is 4.05. The molecule has 0 aliphatic carbocycles. The van der Waals surface area contributed by atoms with Crippen molar-refractivity contribution in [3.63, 3.8) is 0 Å². The van der Waals surface area contributed by atoms with E-state index in [2.05, 4.69) is 34.3 Å². The minimum atomic E-state index is 0.373. The van der Waals surface area contributed by atoms with Gasteiger partial charge in [0.25, 0.3) is 0 Å². The number of nitrogens with one attached hydrogen (secondary N) is 2. The van der Waals surface area contributed by atoms with Gasteiger partial charge in [-0.2, -0.15) is 0 Å². The minimum absolute atomic E-state index is 0.373. The summed E-state index contributed by atoms with van der Waals surface area (Å²) in [5, 5.41) is 3.15. The second-order valence-electron chi connectivity index (χ2n) is 3.04. The van der Waals surface area contributed by atoms with Gasteiger partial charge in [-0.1, -0.05) is 0 Å². The zero-order valence-corrected chi connectivity index (χ0v) is 7.83. The Hall–Kier alpha value is -0.870. The van der Waals surface area contributed by atoms with Crippen molar-refractivity contribution < 1.29 is 0 Å². The fraction of sp³-hybridized carbons (Fsp3) is 0.625. The average Bonchev–Trinajstić information content (AvgIpc) is 2.51. The van der Waals surface area contributed by atoms with Gasteiger partial charge in [-0.25, -0.2) is 4.98 Å². The fourth-order valence-corrected chi connectivity index (χ4v) is 1.21. The van der Waals surface area contributed by atoms with Crippen LogP contribution in [0.3, 0.4) is 0 Å². The number of likely N-dealkylation sites (N-methyl/N-ethyl adjacent to an activating group) is 2. The topological polar surface area (TPSA) is 44.0 Å². The molecule has 1 rings (SSSR count). The lowest BCUT2D eigenvalue weighted by molar-refractivity contribution is 0.289. The van der Waals surface area contributed by atoms with Gasteiger partial charge in [-0.15, -0.1) is 0 Å². The Morgan fingerprint density at radius 2 is 2.42 bits per heavy atom. The van der Waals surface area contributed by atoms with Gasteiger partial charge < -0.3 is 10.3 Å². The van der Waals surface area contributed by atoms with E-state index in [9.17, 15) is 0 Å². The lowest BCUT2D eigenvalue weighted by Crippen LogP contribution is -2.29. The van der Waals surface area contributed by atoms with Crippen LogP contribution in [0, 0.1) is 0 Å². The molecule has 0 bridgehead atoms. The Kier molecular flexibility index (Phi) is 3.25. The molecular formula is C8H16N4. The third-order valence-electron chi connectivity index (χ3n) is 1.90. The summed E-state index contributed by atoms with van der Waals surface area (Å²) in [5.74, 6) is 0. The number of hydrogen-bond donors (Lipinski definition) is 2. The summed E-state index contributed by atoms with van der Waals surface area (Å²) in [7, 11) is 6.07. The molecule has 1 unspecified atom stereocenters. The third-order valence-corrected chi connectivity index (χ3v) is 1.90. The maximum atomic E-state index is 4.00. The van der Waals surface area contributed by atoms with Crippen LogP contribution in [-0.2, 0) is 0 Å². The molecule has 0 saturated heterocycles. The smallest absolute Gasteiger partial charge is 0.0922 e. The van der Waals surface area contributed by atoms with Gasteiger partial charge in [0.05, 0.1) is 18.1 Å². The van der Waals surface area contributed by atoms with Gasteiger partial charge in [0.2, 0.25) is 0 Å². The fourth-order valence-electron chi connectivity index (χ4n) is 1.21. The van der Waals surface area contributed by atoms with Crippen molar-refractivity contribution >= 4 is 0 Å². The zero-order chi connectivity index (χ0) is 8.97. The summed E-state index contributed by atoms with van der Waals surface area (Å²) in [4.78, 5) is 9.27. The van der Waals surface area contributed by atoms with Crippen molar-refractivity contribution in [2.45, 2.75) is 6.04 Å². The molecule has 1 atom stereocenters. The molecule has 1 aromatic rings. The number of aromatic nitrogens is 2. The number of hydrogen-bond acceptors (Lipinski definition) is 3. The molecule has 4 nitrogen and oxygen atoms in total. The Labute approximate surface area is 73.0 Å². The quantitative estimate of drug-likeness (QED) is 0.676. The Bertz CT molecular complexity index is 205. The maximum absolute atomic E-state index is 4.00. The van der Waals surface area contributed by atoms with Crippen LogP contribution in [0.1, 0.15) is 11.7 Å². The van der Waals surface area contributed by atoms with E-state index in [4.69, 9.17) is 0 Å². The lowest BCUT2D eigenvalue weighted by atomic mass is 10.2. The predicted octanol–water partition coefficient (Wildman–Crippen LogP) is 0.232. The molecule has 0 aromatic carbocycles. The van der Waals surface area contributed by atoms with Crippen LogP contribution in [0.25, 0.3) is 0 Å². The number of rotatable bonds is 4. The lowest BCUT2D eigenvalue weighted by Gasteiger charge is -2.22. The maximum Gasteiger partial charge on any atom is 0.0922 e. The summed E-state index contributed by atoms with van der Waals surface area (Å²) in [6.07, 6.45) is 3.57.